The van der Waals surface area contributed by atoms with Gasteiger partial charge in [0.15, 0.2) is 0 Å². The smallest absolute Gasteiger partial charge is 0.233 e. The van der Waals surface area contributed by atoms with E-state index in [4.69, 9.17) is 18.0 Å². The van der Waals surface area contributed by atoms with Crippen molar-refractivity contribution in [3.8, 4) is 0 Å². The molecule has 6 nitrogen and oxygen atoms in total. The van der Waals surface area contributed by atoms with Gasteiger partial charge in [-0.05, 0) is 12.8 Å². The van der Waals surface area contributed by atoms with Crippen molar-refractivity contribution >= 4 is 23.1 Å². The Morgan fingerprint density at radius 2 is 2.41 bits per heavy atom. The maximum Gasteiger partial charge on any atom is 0.233 e. The summed E-state index contributed by atoms with van der Waals surface area (Å²) in [5, 5.41) is 9.32. The molecule has 0 radical (unpaired) electrons. The standard InChI is InChI=1S/C10H15N5OS/c11-8(17)10(3-1-4-10)9(16)12-5-2-7-13-6-14-15-7/h6H,1-5H2,(H2,11,17)(H,12,16)(H,13,14,15). The lowest BCUT2D eigenvalue weighted by atomic mass is 9.68. The minimum atomic E-state index is -0.600. The number of hydrogen-bond acceptors (Lipinski definition) is 4. The van der Waals surface area contributed by atoms with E-state index < -0.39 is 5.41 Å². The average molecular weight is 253 g/mol. The molecule has 17 heavy (non-hydrogen) atoms. The van der Waals surface area contributed by atoms with E-state index in [-0.39, 0.29) is 5.91 Å². The number of nitrogens with two attached hydrogens (primary N) is 1. The van der Waals surface area contributed by atoms with Crippen molar-refractivity contribution in [3.63, 3.8) is 0 Å². The Balaban J connectivity index is 1.83. The second kappa shape index (κ2) is 4.79. The zero-order valence-electron chi connectivity index (χ0n) is 9.40. The third-order valence-corrected chi connectivity index (χ3v) is 3.62. The van der Waals surface area contributed by atoms with Gasteiger partial charge in [-0.25, -0.2) is 4.98 Å². The molecule has 0 spiro atoms. The molecule has 0 aromatic carbocycles. The summed E-state index contributed by atoms with van der Waals surface area (Å²) in [5.74, 6) is 0.694. The van der Waals surface area contributed by atoms with Gasteiger partial charge in [0.1, 0.15) is 12.2 Å². The van der Waals surface area contributed by atoms with E-state index >= 15 is 0 Å². The van der Waals surface area contributed by atoms with E-state index in [0.29, 0.717) is 18.0 Å². The second-order valence-electron chi connectivity index (χ2n) is 4.24. The molecule has 1 amide bonds. The highest BCUT2D eigenvalue weighted by Gasteiger charge is 2.46. The molecule has 0 atom stereocenters. The van der Waals surface area contributed by atoms with Crippen LogP contribution in [0.15, 0.2) is 6.33 Å². The van der Waals surface area contributed by atoms with Crippen LogP contribution in [-0.2, 0) is 11.2 Å². The molecule has 1 heterocycles. The van der Waals surface area contributed by atoms with Crippen LogP contribution in [0.5, 0.6) is 0 Å². The number of nitrogens with zero attached hydrogens (tertiary/aromatic N) is 2. The normalized spacial score (nSPS) is 17.2. The van der Waals surface area contributed by atoms with E-state index in [1.165, 1.54) is 6.33 Å². The minimum Gasteiger partial charge on any atom is -0.392 e. The number of carbonyl (C=O) groups is 1. The van der Waals surface area contributed by atoms with Crippen molar-refractivity contribution in [1.29, 1.82) is 0 Å². The molecule has 0 unspecified atom stereocenters. The maximum atomic E-state index is 12.0. The Labute approximate surface area is 104 Å². The first kappa shape index (κ1) is 12.0. The topological polar surface area (TPSA) is 96.7 Å². The van der Waals surface area contributed by atoms with E-state index in [1.807, 2.05) is 0 Å². The molecular formula is C10H15N5OS. The lowest BCUT2D eigenvalue weighted by Gasteiger charge is -2.39. The fourth-order valence-corrected chi connectivity index (χ4v) is 2.23. The molecule has 7 heteroatoms. The lowest BCUT2D eigenvalue weighted by molar-refractivity contribution is -0.130. The van der Waals surface area contributed by atoms with Crippen LogP contribution in [0.25, 0.3) is 0 Å². The molecule has 2 rings (SSSR count). The van der Waals surface area contributed by atoms with Crippen LogP contribution in [-0.4, -0.2) is 32.6 Å². The van der Waals surface area contributed by atoms with Crippen LogP contribution in [0.3, 0.4) is 0 Å². The molecule has 92 valence electrons. The predicted octanol–water partition coefficient (Wildman–Crippen LogP) is -0.0802. The van der Waals surface area contributed by atoms with Gasteiger partial charge in [0, 0.05) is 13.0 Å². The second-order valence-corrected chi connectivity index (χ2v) is 4.68. The van der Waals surface area contributed by atoms with Crippen LogP contribution in [0.1, 0.15) is 25.1 Å². The molecule has 1 aromatic rings. The Morgan fingerprint density at radius 1 is 1.65 bits per heavy atom. The molecule has 0 saturated heterocycles. The monoisotopic (exact) mass is 253 g/mol. The highest BCUT2D eigenvalue weighted by Crippen LogP contribution is 2.41. The van der Waals surface area contributed by atoms with Gasteiger partial charge < -0.3 is 11.1 Å². The highest BCUT2D eigenvalue weighted by atomic mass is 32.1. The number of aromatic amines is 1. The van der Waals surface area contributed by atoms with Crippen molar-refractivity contribution in [3.05, 3.63) is 12.2 Å². The summed E-state index contributed by atoms with van der Waals surface area (Å²) >= 11 is 4.98. The quantitative estimate of drug-likeness (QED) is 0.638. The molecule has 4 N–H and O–H groups in total. The SMILES string of the molecule is NC(=S)C1(C(=O)NCCc2ncn[nH]2)CCC1. The molecule has 1 aliphatic rings. The first-order valence-corrected chi connectivity index (χ1v) is 5.98. The van der Waals surface area contributed by atoms with Gasteiger partial charge in [0.05, 0.1) is 10.4 Å². The summed E-state index contributed by atoms with van der Waals surface area (Å²) in [7, 11) is 0. The van der Waals surface area contributed by atoms with Gasteiger partial charge in [0.2, 0.25) is 5.91 Å². The van der Waals surface area contributed by atoms with Crippen molar-refractivity contribution in [2.24, 2.45) is 11.1 Å². The fraction of sp³-hybridized carbons (Fsp3) is 0.600. The maximum absolute atomic E-state index is 12.0. The summed E-state index contributed by atoms with van der Waals surface area (Å²) < 4.78 is 0. The summed E-state index contributed by atoms with van der Waals surface area (Å²) in [6, 6.07) is 0. The van der Waals surface area contributed by atoms with E-state index in [0.717, 1.165) is 25.1 Å². The predicted molar refractivity (Wildman–Crippen MR) is 66.2 cm³/mol. The molecule has 1 aromatic heterocycles. The fourth-order valence-electron chi connectivity index (χ4n) is 1.93. The largest absolute Gasteiger partial charge is 0.392 e. The van der Waals surface area contributed by atoms with Crippen LogP contribution in [0, 0.1) is 5.41 Å². The van der Waals surface area contributed by atoms with Gasteiger partial charge in [-0.15, -0.1) is 0 Å². The van der Waals surface area contributed by atoms with Crippen LogP contribution in [0.4, 0.5) is 0 Å². The Hall–Kier alpha value is -1.50. The van der Waals surface area contributed by atoms with Gasteiger partial charge in [-0.1, -0.05) is 18.6 Å². The number of rotatable bonds is 5. The Morgan fingerprint density at radius 3 is 2.88 bits per heavy atom. The number of H-pyrrole nitrogens is 1. The highest BCUT2D eigenvalue weighted by molar-refractivity contribution is 7.80. The van der Waals surface area contributed by atoms with Crippen molar-refractivity contribution in [2.75, 3.05) is 6.54 Å². The summed E-state index contributed by atoms with van der Waals surface area (Å²) in [4.78, 5) is 16.3. The molecule has 1 saturated carbocycles. The Kier molecular flexibility index (Phi) is 3.37. The van der Waals surface area contributed by atoms with E-state index in [2.05, 4.69) is 20.5 Å². The summed E-state index contributed by atoms with van der Waals surface area (Å²) in [6.45, 7) is 0.512. The molecule has 0 bridgehead atoms. The first-order chi connectivity index (χ1) is 8.15. The number of thiocarbonyl (C=S) groups is 1. The van der Waals surface area contributed by atoms with Crippen molar-refractivity contribution in [2.45, 2.75) is 25.7 Å². The lowest BCUT2D eigenvalue weighted by Crippen LogP contribution is -2.53. The minimum absolute atomic E-state index is 0.0595. The van der Waals surface area contributed by atoms with E-state index in [1.54, 1.807) is 0 Å². The number of amides is 1. The van der Waals surface area contributed by atoms with Gasteiger partial charge in [-0.3, -0.25) is 9.89 Å². The zero-order chi connectivity index (χ0) is 12.3. The van der Waals surface area contributed by atoms with Crippen molar-refractivity contribution in [1.82, 2.24) is 20.5 Å². The average Bonchev–Trinajstić information content (AvgIpc) is 2.67. The van der Waals surface area contributed by atoms with Crippen LogP contribution in [0.2, 0.25) is 0 Å². The number of aromatic nitrogens is 3. The number of hydrogen-bond donors (Lipinski definition) is 3. The number of carbonyl (C=O) groups excluding carboxylic acids is 1. The van der Waals surface area contributed by atoms with Gasteiger partial charge in [-0.2, -0.15) is 5.10 Å². The first-order valence-electron chi connectivity index (χ1n) is 5.57. The third-order valence-electron chi connectivity index (χ3n) is 3.23. The molecule has 0 aliphatic heterocycles. The summed E-state index contributed by atoms with van der Waals surface area (Å²) in [6.07, 6.45) is 4.60. The zero-order valence-corrected chi connectivity index (χ0v) is 10.2. The van der Waals surface area contributed by atoms with Crippen LogP contribution < -0.4 is 11.1 Å². The Bertz CT molecular complexity index is 412. The van der Waals surface area contributed by atoms with Crippen molar-refractivity contribution < 1.29 is 4.79 Å². The van der Waals surface area contributed by atoms with Crippen LogP contribution >= 0.6 is 12.2 Å². The number of nitrogens with one attached hydrogen (secondary N) is 2. The summed E-state index contributed by atoms with van der Waals surface area (Å²) in [5.41, 5.74) is 5.04. The molecular weight excluding hydrogens is 238 g/mol. The molecule has 1 fully saturated rings. The van der Waals surface area contributed by atoms with Gasteiger partial charge in [0.25, 0.3) is 0 Å². The van der Waals surface area contributed by atoms with Gasteiger partial charge >= 0.3 is 0 Å². The third kappa shape index (κ3) is 2.28. The molecule has 1 aliphatic carbocycles. The van der Waals surface area contributed by atoms with E-state index in [9.17, 15) is 4.79 Å².